The van der Waals surface area contributed by atoms with E-state index in [9.17, 15) is 19.4 Å². The average molecular weight is 679 g/mol. The van der Waals surface area contributed by atoms with E-state index in [0.29, 0.717) is 6.42 Å². The molecule has 0 bridgehead atoms. The summed E-state index contributed by atoms with van der Waals surface area (Å²) in [7, 11) is -4.34. The first-order valence-electron chi connectivity index (χ1n) is 18.1. The summed E-state index contributed by atoms with van der Waals surface area (Å²) in [6.07, 6.45) is 42.4. The number of hydrogen-bond acceptors (Lipinski definition) is 6. The fourth-order valence-electron chi connectivity index (χ4n) is 4.55. The van der Waals surface area contributed by atoms with Gasteiger partial charge in [0.25, 0.3) is 0 Å². The molecular formula is C38H67N2O6P. The molecule has 0 aliphatic carbocycles. The number of unbranched alkanes of at least 4 members (excludes halogenated alkanes) is 10. The van der Waals surface area contributed by atoms with Crippen molar-refractivity contribution in [2.75, 3.05) is 19.8 Å². The highest BCUT2D eigenvalue weighted by Gasteiger charge is 2.26. The van der Waals surface area contributed by atoms with Crippen LogP contribution in [0.5, 0.6) is 0 Å². The Morgan fingerprint density at radius 1 is 0.723 bits per heavy atom. The maximum Gasteiger partial charge on any atom is 0.472 e. The first-order valence-corrected chi connectivity index (χ1v) is 19.6. The Balaban J connectivity index is 4.32. The third-order valence-electron chi connectivity index (χ3n) is 7.27. The highest BCUT2D eigenvalue weighted by atomic mass is 31.2. The zero-order valence-corrected chi connectivity index (χ0v) is 30.4. The Labute approximate surface area is 287 Å². The van der Waals surface area contributed by atoms with E-state index in [0.717, 1.165) is 77.0 Å². The van der Waals surface area contributed by atoms with Crippen LogP contribution in [0.25, 0.3) is 0 Å². The van der Waals surface area contributed by atoms with Crippen LogP contribution in [0.3, 0.4) is 0 Å². The molecule has 0 aliphatic rings. The van der Waals surface area contributed by atoms with Gasteiger partial charge in [0.2, 0.25) is 5.91 Å². The van der Waals surface area contributed by atoms with E-state index in [1.54, 1.807) is 6.08 Å². The van der Waals surface area contributed by atoms with E-state index in [1.807, 2.05) is 6.08 Å². The number of aliphatic hydroxyl groups excluding tert-OH is 1. The zero-order chi connectivity index (χ0) is 34.7. The first kappa shape index (κ1) is 44.9. The molecule has 0 aliphatic heterocycles. The predicted octanol–water partition coefficient (Wildman–Crippen LogP) is 9.32. The Morgan fingerprint density at radius 3 is 1.89 bits per heavy atom. The van der Waals surface area contributed by atoms with Crippen molar-refractivity contribution in [1.29, 1.82) is 0 Å². The van der Waals surface area contributed by atoms with Crippen LogP contribution in [0, 0.1) is 0 Å². The standard InChI is InChI=1S/C38H67N2O6P/c1-3-5-7-9-11-13-14-15-16-17-18-19-20-21-22-24-26-28-30-32-38(42)40-36(35-46-47(43,44)45-34-33-39)37(41)31-29-27-25-23-12-10-8-6-4-2/h5,7,11-13,15-16,18-19,23,29,31,36-37,41H,3-4,6,8-10,14,17,20-22,24-28,30,32-35,39H2,1-2H3,(H,40,42)(H,43,44)/b7-5-,13-11-,16-15-,19-18-,23-12+,31-29+. The summed E-state index contributed by atoms with van der Waals surface area (Å²) in [6, 6.07) is -0.886. The van der Waals surface area contributed by atoms with Gasteiger partial charge in [-0.15, -0.1) is 0 Å². The number of aliphatic hydroxyl groups is 1. The van der Waals surface area contributed by atoms with Crippen LogP contribution in [-0.2, 0) is 18.4 Å². The van der Waals surface area contributed by atoms with E-state index in [-0.39, 0.29) is 25.7 Å². The van der Waals surface area contributed by atoms with Crippen LogP contribution in [0.1, 0.15) is 129 Å². The van der Waals surface area contributed by atoms with E-state index in [1.165, 1.54) is 32.1 Å². The number of phosphoric acid groups is 1. The number of carbonyl (C=O) groups is 1. The fraction of sp³-hybridized carbons (Fsp3) is 0.658. The van der Waals surface area contributed by atoms with Gasteiger partial charge in [-0.2, -0.15) is 0 Å². The van der Waals surface area contributed by atoms with Gasteiger partial charge in [0.05, 0.1) is 25.4 Å². The number of hydrogen-bond donors (Lipinski definition) is 4. The molecule has 0 radical (unpaired) electrons. The zero-order valence-electron chi connectivity index (χ0n) is 29.5. The molecule has 270 valence electrons. The van der Waals surface area contributed by atoms with Crippen molar-refractivity contribution < 1.29 is 28.4 Å². The van der Waals surface area contributed by atoms with Crippen LogP contribution in [0.4, 0.5) is 0 Å². The molecule has 0 aromatic heterocycles. The quantitative estimate of drug-likeness (QED) is 0.0317. The molecule has 1 amide bonds. The third kappa shape index (κ3) is 32.3. The maximum absolute atomic E-state index is 12.7. The van der Waals surface area contributed by atoms with Gasteiger partial charge in [-0.05, 0) is 70.6 Å². The SMILES string of the molecule is CC/C=C\C/C=C\C/C=C\C/C=C\CCCCCCCCC(=O)NC(COP(=O)(O)OCCN)C(O)/C=C/CC/C=C/CCCCC. The fourth-order valence-corrected chi connectivity index (χ4v) is 5.31. The van der Waals surface area contributed by atoms with Crippen LogP contribution in [0.2, 0.25) is 0 Å². The summed E-state index contributed by atoms with van der Waals surface area (Å²) in [6.45, 7) is 3.89. The van der Waals surface area contributed by atoms with Crippen molar-refractivity contribution in [2.24, 2.45) is 5.73 Å². The second-order valence-electron chi connectivity index (χ2n) is 11.7. The van der Waals surface area contributed by atoms with Gasteiger partial charge in [0, 0.05) is 13.0 Å². The molecule has 0 rings (SSSR count). The number of rotatable bonds is 32. The highest BCUT2D eigenvalue weighted by molar-refractivity contribution is 7.47. The van der Waals surface area contributed by atoms with Crippen molar-refractivity contribution in [3.8, 4) is 0 Å². The molecule has 5 N–H and O–H groups in total. The van der Waals surface area contributed by atoms with Gasteiger partial charge in [-0.3, -0.25) is 13.8 Å². The minimum Gasteiger partial charge on any atom is -0.387 e. The number of phosphoric ester groups is 1. The molecule has 0 saturated carbocycles. The van der Waals surface area contributed by atoms with E-state index >= 15 is 0 Å². The lowest BCUT2D eigenvalue weighted by Crippen LogP contribution is -2.45. The van der Waals surface area contributed by atoms with Gasteiger partial charge < -0.3 is 21.1 Å². The molecule has 47 heavy (non-hydrogen) atoms. The monoisotopic (exact) mass is 678 g/mol. The summed E-state index contributed by atoms with van der Waals surface area (Å²) < 4.78 is 21.9. The molecule has 0 spiro atoms. The molecule has 0 fully saturated rings. The molecular weight excluding hydrogens is 611 g/mol. The Morgan fingerprint density at radius 2 is 1.26 bits per heavy atom. The minimum atomic E-state index is -4.34. The Bertz CT molecular complexity index is 960. The summed E-state index contributed by atoms with van der Waals surface area (Å²) >= 11 is 0. The predicted molar refractivity (Wildman–Crippen MR) is 198 cm³/mol. The lowest BCUT2D eigenvalue weighted by molar-refractivity contribution is -0.123. The van der Waals surface area contributed by atoms with E-state index in [4.69, 9.17) is 14.8 Å². The second-order valence-corrected chi connectivity index (χ2v) is 13.1. The highest BCUT2D eigenvalue weighted by Crippen LogP contribution is 2.43. The topological polar surface area (TPSA) is 131 Å². The molecule has 3 atom stereocenters. The molecule has 0 heterocycles. The van der Waals surface area contributed by atoms with Crippen molar-refractivity contribution in [3.63, 3.8) is 0 Å². The normalized spacial score (nSPS) is 15.3. The average Bonchev–Trinajstić information content (AvgIpc) is 3.05. The molecule has 8 nitrogen and oxygen atoms in total. The van der Waals surface area contributed by atoms with Crippen molar-refractivity contribution in [1.82, 2.24) is 5.32 Å². The van der Waals surface area contributed by atoms with Crippen LogP contribution < -0.4 is 11.1 Å². The number of allylic oxidation sites excluding steroid dienone is 11. The summed E-state index contributed by atoms with van der Waals surface area (Å²) in [5.41, 5.74) is 5.34. The molecule has 0 aromatic carbocycles. The first-order chi connectivity index (χ1) is 22.9. The maximum atomic E-state index is 12.7. The van der Waals surface area contributed by atoms with Gasteiger partial charge in [-0.1, -0.05) is 125 Å². The number of nitrogens with two attached hydrogens (primary N) is 1. The summed E-state index contributed by atoms with van der Waals surface area (Å²) in [5, 5.41) is 13.5. The molecule has 3 unspecified atom stereocenters. The van der Waals surface area contributed by atoms with E-state index in [2.05, 4.69) is 79.9 Å². The Kier molecular flexibility index (Phi) is 32.3. The van der Waals surface area contributed by atoms with Gasteiger partial charge in [0.15, 0.2) is 0 Å². The molecule has 9 heteroatoms. The van der Waals surface area contributed by atoms with Crippen molar-refractivity contribution in [3.05, 3.63) is 72.9 Å². The molecule has 0 aromatic rings. The van der Waals surface area contributed by atoms with Gasteiger partial charge in [0.1, 0.15) is 0 Å². The van der Waals surface area contributed by atoms with Crippen LogP contribution >= 0.6 is 7.82 Å². The van der Waals surface area contributed by atoms with Gasteiger partial charge >= 0.3 is 7.82 Å². The molecule has 0 saturated heterocycles. The van der Waals surface area contributed by atoms with Crippen LogP contribution in [-0.4, -0.2) is 47.8 Å². The lowest BCUT2D eigenvalue weighted by atomic mass is 10.1. The summed E-state index contributed by atoms with van der Waals surface area (Å²) in [4.78, 5) is 22.5. The number of nitrogens with one attached hydrogen (secondary N) is 1. The number of amides is 1. The van der Waals surface area contributed by atoms with E-state index < -0.39 is 20.0 Å². The largest absolute Gasteiger partial charge is 0.472 e. The van der Waals surface area contributed by atoms with Crippen molar-refractivity contribution in [2.45, 2.75) is 142 Å². The van der Waals surface area contributed by atoms with Crippen LogP contribution in [0.15, 0.2) is 72.9 Å². The Hall–Kier alpha value is -2.06. The van der Waals surface area contributed by atoms with Gasteiger partial charge in [-0.25, -0.2) is 4.57 Å². The summed E-state index contributed by atoms with van der Waals surface area (Å²) in [5.74, 6) is -0.226. The smallest absolute Gasteiger partial charge is 0.387 e. The minimum absolute atomic E-state index is 0.0672. The number of carbonyl (C=O) groups excluding carboxylic acids is 1. The van der Waals surface area contributed by atoms with Crippen molar-refractivity contribution >= 4 is 13.7 Å². The lowest BCUT2D eigenvalue weighted by Gasteiger charge is -2.23. The third-order valence-corrected chi connectivity index (χ3v) is 8.25. The second kappa shape index (κ2) is 33.8.